The zero-order valence-corrected chi connectivity index (χ0v) is 14.1. The Kier molecular flexibility index (Phi) is 6.00. The minimum Gasteiger partial charge on any atom is -0.370 e. The molecule has 0 radical (unpaired) electrons. The van der Waals surface area contributed by atoms with Crippen molar-refractivity contribution < 1.29 is 0 Å². The van der Waals surface area contributed by atoms with Crippen LogP contribution in [0.25, 0.3) is 11.0 Å². The van der Waals surface area contributed by atoms with E-state index in [4.69, 9.17) is 5.73 Å². The van der Waals surface area contributed by atoms with Gasteiger partial charge in [-0.15, -0.1) is 24.0 Å². The largest absolute Gasteiger partial charge is 0.370 e. The Hall–Kier alpha value is -1.57. The number of aryl methyl sites for hydroxylation is 1. The number of hydrogen-bond acceptors (Lipinski definition) is 2. The number of para-hydroxylation sites is 2. The minimum absolute atomic E-state index is 0. The first kappa shape index (κ1) is 16.5. The van der Waals surface area contributed by atoms with Gasteiger partial charge in [-0.25, -0.2) is 9.98 Å². The number of nitrogens with two attached hydrogens (primary N) is 1. The fourth-order valence-electron chi connectivity index (χ4n) is 1.79. The van der Waals surface area contributed by atoms with Gasteiger partial charge in [0.1, 0.15) is 12.4 Å². The number of guanidine groups is 1. The van der Waals surface area contributed by atoms with Gasteiger partial charge in [-0.3, -0.25) is 0 Å². The van der Waals surface area contributed by atoms with Gasteiger partial charge in [0.25, 0.3) is 0 Å². The number of fused-ring (bicyclic) bond motifs is 1. The SMILES string of the molecule is C=C(C)CNC(N)=NCc1nc2ccccc2n1C.I. The number of benzene rings is 1. The van der Waals surface area contributed by atoms with Crippen LogP contribution in [-0.4, -0.2) is 22.1 Å². The normalized spacial score (nSPS) is 11.2. The summed E-state index contributed by atoms with van der Waals surface area (Å²) in [5, 5.41) is 3.00. The Morgan fingerprint density at radius 3 is 2.80 bits per heavy atom. The molecule has 3 N–H and O–H groups in total. The third kappa shape index (κ3) is 3.96. The van der Waals surface area contributed by atoms with Crippen LogP contribution < -0.4 is 11.1 Å². The summed E-state index contributed by atoms with van der Waals surface area (Å²) in [5.74, 6) is 1.30. The molecular weight excluding hydrogens is 365 g/mol. The fourth-order valence-corrected chi connectivity index (χ4v) is 1.79. The highest BCUT2D eigenvalue weighted by Gasteiger charge is 2.05. The van der Waals surface area contributed by atoms with Gasteiger partial charge < -0.3 is 15.6 Å². The second-order valence-electron chi connectivity index (χ2n) is 4.59. The molecule has 1 aromatic heterocycles. The maximum atomic E-state index is 5.77. The summed E-state index contributed by atoms with van der Waals surface area (Å²) in [6, 6.07) is 8.01. The maximum absolute atomic E-state index is 5.77. The predicted octanol–water partition coefficient (Wildman–Crippen LogP) is 2.17. The predicted molar refractivity (Wildman–Crippen MR) is 94.3 cm³/mol. The summed E-state index contributed by atoms with van der Waals surface area (Å²) in [6.45, 7) is 6.83. The van der Waals surface area contributed by atoms with Crippen molar-refractivity contribution in [1.82, 2.24) is 14.9 Å². The molecule has 1 aromatic carbocycles. The topological polar surface area (TPSA) is 68.2 Å². The first-order valence-electron chi connectivity index (χ1n) is 6.16. The van der Waals surface area contributed by atoms with E-state index < -0.39 is 0 Å². The van der Waals surface area contributed by atoms with Crippen LogP contribution in [0.1, 0.15) is 12.7 Å². The fraction of sp³-hybridized carbons (Fsp3) is 0.286. The third-order valence-corrected chi connectivity index (χ3v) is 2.84. The summed E-state index contributed by atoms with van der Waals surface area (Å²) in [5.41, 5.74) is 8.86. The summed E-state index contributed by atoms with van der Waals surface area (Å²) < 4.78 is 2.03. The van der Waals surface area contributed by atoms with Crippen molar-refractivity contribution in [1.29, 1.82) is 0 Å². The van der Waals surface area contributed by atoms with E-state index in [1.807, 2.05) is 42.8 Å². The number of aromatic nitrogens is 2. The van der Waals surface area contributed by atoms with Crippen LogP contribution in [0.3, 0.4) is 0 Å². The van der Waals surface area contributed by atoms with Gasteiger partial charge in [-0.1, -0.05) is 24.3 Å². The lowest BCUT2D eigenvalue weighted by atomic mass is 10.3. The molecule has 0 atom stereocenters. The highest BCUT2D eigenvalue weighted by molar-refractivity contribution is 14.0. The highest BCUT2D eigenvalue weighted by atomic mass is 127. The number of aliphatic imine (C=N–C) groups is 1. The van der Waals surface area contributed by atoms with E-state index in [1.54, 1.807) is 0 Å². The molecule has 6 heteroatoms. The number of nitrogens with one attached hydrogen (secondary N) is 1. The Bertz CT molecular complexity index is 630. The molecule has 0 unspecified atom stereocenters. The van der Waals surface area contributed by atoms with Crippen molar-refractivity contribution in [2.24, 2.45) is 17.8 Å². The summed E-state index contributed by atoms with van der Waals surface area (Å²) in [4.78, 5) is 8.82. The molecule has 0 saturated heterocycles. The van der Waals surface area contributed by atoms with Crippen LogP contribution in [0.5, 0.6) is 0 Å². The molecule has 0 bridgehead atoms. The smallest absolute Gasteiger partial charge is 0.189 e. The van der Waals surface area contributed by atoms with E-state index in [0.29, 0.717) is 19.0 Å². The number of halogens is 1. The second-order valence-corrected chi connectivity index (χ2v) is 4.59. The average Bonchev–Trinajstić information content (AvgIpc) is 2.71. The number of rotatable bonds is 4. The second kappa shape index (κ2) is 7.28. The molecule has 0 aliphatic rings. The lowest BCUT2D eigenvalue weighted by Crippen LogP contribution is -2.32. The number of imidazole rings is 1. The maximum Gasteiger partial charge on any atom is 0.189 e. The van der Waals surface area contributed by atoms with E-state index in [0.717, 1.165) is 22.4 Å². The third-order valence-electron chi connectivity index (χ3n) is 2.84. The van der Waals surface area contributed by atoms with Crippen LogP contribution in [0.15, 0.2) is 41.4 Å². The zero-order chi connectivity index (χ0) is 13.8. The molecule has 1 heterocycles. The molecule has 0 saturated carbocycles. The van der Waals surface area contributed by atoms with Crippen molar-refractivity contribution in [2.45, 2.75) is 13.5 Å². The summed E-state index contributed by atoms with van der Waals surface area (Å²) in [6.07, 6.45) is 0. The van der Waals surface area contributed by atoms with E-state index in [2.05, 4.69) is 21.9 Å². The average molecular weight is 385 g/mol. The molecule has 2 aromatic rings. The Balaban J connectivity index is 0.00000200. The lowest BCUT2D eigenvalue weighted by molar-refractivity contribution is 0.805. The highest BCUT2D eigenvalue weighted by Crippen LogP contribution is 2.14. The van der Waals surface area contributed by atoms with Crippen LogP contribution in [0, 0.1) is 0 Å². The Labute approximate surface area is 136 Å². The van der Waals surface area contributed by atoms with Crippen molar-refractivity contribution in [2.75, 3.05) is 6.54 Å². The minimum atomic E-state index is 0. The zero-order valence-electron chi connectivity index (χ0n) is 11.8. The van der Waals surface area contributed by atoms with Crippen molar-refractivity contribution >= 4 is 41.0 Å². The van der Waals surface area contributed by atoms with E-state index in [-0.39, 0.29) is 24.0 Å². The monoisotopic (exact) mass is 385 g/mol. The molecule has 20 heavy (non-hydrogen) atoms. The van der Waals surface area contributed by atoms with Crippen molar-refractivity contribution in [3.8, 4) is 0 Å². The van der Waals surface area contributed by atoms with Gasteiger partial charge in [-0.05, 0) is 19.1 Å². The van der Waals surface area contributed by atoms with Crippen molar-refractivity contribution in [3.05, 3.63) is 42.2 Å². The first-order valence-corrected chi connectivity index (χ1v) is 6.16. The molecule has 0 aliphatic heterocycles. The lowest BCUT2D eigenvalue weighted by Gasteiger charge is -2.04. The van der Waals surface area contributed by atoms with Gasteiger partial charge >= 0.3 is 0 Å². The molecule has 0 amide bonds. The molecule has 0 aliphatic carbocycles. The van der Waals surface area contributed by atoms with E-state index in [1.165, 1.54) is 0 Å². The Morgan fingerprint density at radius 1 is 1.45 bits per heavy atom. The standard InChI is InChI=1S/C14H19N5.HI/c1-10(2)8-16-14(15)17-9-13-18-11-6-4-5-7-12(11)19(13)3;/h4-7H,1,8-9H2,2-3H3,(H3,15,16,17);1H. The summed E-state index contributed by atoms with van der Waals surface area (Å²) >= 11 is 0. The van der Waals surface area contributed by atoms with Crippen LogP contribution >= 0.6 is 24.0 Å². The summed E-state index contributed by atoms with van der Waals surface area (Å²) in [7, 11) is 1.98. The molecule has 108 valence electrons. The molecular formula is C14H20IN5. The van der Waals surface area contributed by atoms with Gasteiger partial charge in [0.15, 0.2) is 5.96 Å². The van der Waals surface area contributed by atoms with Crippen LogP contribution in [0.2, 0.25) is 0 Å². The molecule has 2 rings (SSSR count). The van der Waals surface area contributed by atoms with E-state index in [9.17, 15) is 0 Å². The first-order chi connectivity index (χ1) is 9.08. The van der Waals surface area contributed by atoms with Gasteiger partial charge in [0, 0.05) is 13.6 Å². The van der Waals surface area contributed by atoms with Gasteiger partial charge in [0.2, 0.25) is 0 Å². The molecule has 0 spiro atoms. The number of hydrogen-bond donors (Lipinski definition) is 2. The van der Waals surface area contributed by atoms with Crippen molar-refractivity contribution in [3.63, 3.8) is 0 Å². The molecule has 0 fully saturated rings. The van der Waals surface area contributed by atoms with Gasteiger partial charge in [-0.2, -0.15) is 0 Å². The van der Waals surface area contributed by atoms with Crippen LogP contribution in [-0.2, 0) is 13.6 Å². The molecule has 5 nitrogen and oxygen atoms in total. The van der Waals surface area contributed by atoms with Gasteiger partial charge in [0.05, 0.1) is 11.0 Å². The van der Waals surface area contributed by atoms with E-state index >= 15 is 0 Å². The van der Waals surface area contributed by atoms with Crippen LogP contribution in [0.4, 0.5) is 0 Å². The number of nitrogens with zero attached hydrogens (tertiary/aromatic N) is 3. The Morgan fingerprint density at radius 2 is 2.15 bits per heavy atom. The quantitative estimate of drug-likeness (QED) is 0.367.